The second kappa shape index (κ2) is 6.23. The Morgan fingerprint density at radius 2 is 2.00 bits per heavy atom. The third kappa shape index (κ3) is 3.83. The summed E-state index contributed by atoms with van der Waals surface area (Å²) < 4.78 is 51.2. The molecular weight excluding hydrogens is 286 g/mol. The molecule has 1 amide bonds. The Bertz CT molecular complexity index is 462. The number of hydrogen-bond acceptors (Lipinski definition) is 1. The molecule has 0 bridgehead atoms. The minimum Gasteiger partial charge on any atom is -0.342 e. The van der Waals surface area contributed by atoms with E-state index in [-0.39, 0.29) is 6.54 Å². The lowest BCUT2D eigenvalue weighted by molar-refractivity contribution is -0.140. The van der Waals surface area contributed by atoms with Gasteiger partial charge in [0.15, 0.2) is 0 Å². The maximum atomic E-state index is 13.7. The summed E-state index contributed by atoms with van der Waals surface area (Å²) >= 11 is 5.45. The van der Waals surface area contributed by atoms with Gasteiger partial charge in [-0.15, -0.1) is 11.6 Å². The highest BCUT2D eigenvalue weighted by molar-refractivity contribution is 6.17. The highest BCUT2D eigenvalue weighted by Crippen LogP contribution is 2.32. The summed E-state index contributed by atoms with van der Waals surface area (Å²) in [6, 6.07) is 2.64. The molecule has 2 nitrogen and oxygen atoms in total. The Hall–Kier alpha value is -1.30. The van der Waals surface area contributed by atoms with Crippen LogP contribution in [0.5, 0.6) is 0 Å². The zero-order chi connectivity index (χ0) is 14.6. The van der Waals surface area contributed by atoms with Gasteiger partial charge >= 0.3 is 6.18 Å². The van der Waals surface area contributed by atoms with Crippen LogP contribution in [-0.4, -0.2) is 30.3 Å². The van der Waals surface area contributed by atoms with E-state index in [0.29, 0.717) is 18.4 Å². The Kier molecular flexibility index (Phi) is 5.17. The van der Waals surface area contributed by atoms with Gasteiger partial charge in [0.05, 0.1) is 11.1 Å². The Labute approximate surface area is 113 Å². The summed E-state index contributed by atoms with van der Waals surface area (Å²) in [6.45, 7) is 0.248. The van der Waals surface area contributed by atoms with Gasteiger partial charge in [0.1, 0.15) is 5.82 Å². The molecule has 1 aromatic carbocycles. The average molecular weight is 298 g/mol. The average Bonchev–Trinajstić information content (AvgIpc) is 2.34. The summed E-state index contributed by atoms with van der Waals surface area (Å²) in [5.74, 6) is -2.03. The number of halogens is 5. The largest absolute Gasteiger partial charge is 0.419 e. The van der Waals surface area contributed by atoms with Gasteiger partial charge in [-0.2, -0.15) is 13.2 Å². The topological polar surface area (TPSA) is 20.3 Å². The molecule has 7 heteroatoms. The van der Waals surface area contributed by atoms with Gasteiger partial charge in [-0.25, -0.2) is 4.39 Å². The van der Waals surface area contributed by atoms with Crippen LogP contribution in [-0.2, 0) is 6.18 Å². The fourth-order valence-corrected chi connectivity index (χ4v) is 1.64. The summed E-state index contributed by atoms with van der Waals surface area (Å²) in [4.78, 5) is 13.0. The van der Waals surface area contributed by atoms with E-state index in [9.17, 15) is 22.4 Å². The van der Waals surface area contributed by atoms with Crippen LogP contribution >= 0.6 is 11.6 Å². The summed E-state index contributed by atoms with van der Waals surface area (Å²) in [5.41, 5.74) is -2.03. The molecule has 106 valence electrons. The van der Waals surface area contributed by atoms with Gasteiger partial charge < -0.3 is 4.90 Å². The molecule has 0 aromatic heterocycles. The lowest BCUT2D eigenvalue weighted by atomic mass is 10.1. The maximum Gasteiger partial charge on any atom is 0.419 e. The minimum absolute atomic E-state index is 0.248. The van der Waals surface area contributed by atoms with Gasteiger partial charge in [0.2, 0.25) is 0 Å². The molecule has 0 unspecified atom stereocenters. The molecule has 19 heavy (non-hydrogen) atoms. The maximum absolute atomic E-state index is 13.7. The molecular formula is C12H12ClF4NO. The van der Waals surface area contributed by atoms with Crippen molar-refractivity contribution in [2.24, 2.45) is 0 Å². The van der Waals surface area contributed by atoms with E-state index in [1.807, 2.05) is 0 Å². The van der Waals surface area contributed by atoms with Crippen molar-refractivity contribution < 1.29 is 22.4 Å². The van der Waals surface area contributed by atoms with Crippen molar-refractivity contribution in [2.75, 3.05) is 19.5 Å². The first-order valence-corrected chi connectivity index (χ1v) is 5.99. The smallest absolute Gasteiger partial charge is 0.342 e. The van der Waals surface area contributed by atoms with E-state index < -0.39 is 29.0 Å². The third-order valence-corrected chi connectivity index (χ3v) is 2.78. The van der Waals surface area contributed by atoms with Crippen molar-refractivity contribution in [3.8, 4) is 0 Å². The van der Waals surface area contributed by atoms with E-state index in [0.717, 1.165) is 17.0 Å². The zero-order valence-electron chi connectivity index (χ0n) is 10.1. The molecule has 0 aliphatic heterocycles. The highest BCUT2D eigenvalue weighted by Gasteiger charge is 2.35. The zero-order valence-corrected chi connectivity index (χ0v) is 10.9. The molecule has 0 heterocycles. The number of rotatable bonds is 4. The first kappa shape index (κ1) is 15.8. The van der Waals surface area contributed by atoms with E-state index >= 15 is 0 Å². The lowest BCUT2D eigenvalue weighted by Gasteiger charge is -2.18. The van der Waals surface area contributed by atoms with Crippen LogP contribution in [0.15, 0.2) is 18.2 Å². The van der Waals surface area contributed by atoms with Crippen LogP contribution in [0.4, 0.5) is 17.6 Å². The number of benzene rings is 1. The molecule has 0 spiro atoms. The van der Waals surface area contributed by atoms with Crippen LogP contribution in [0.1, 0.15) is 22.3 Å². The van der Waals surface area contributed by atoms with E-state index in [1.165, 1.54) is 7.05 Å². The Morgan fingerprint density at radius 1 is 1.37 bits per heavy atom. The third-order valence-electron chi connectivity index (χ3n) is 2.51. The summed E-state index contributed by atoms with van der Waals surface area (Å²) in [6.07, 6.45) is -4.35. The fourth-order valence-electron chi connectivity index (χ4n) is 1.52. The second-order valence-electron chi connectivity index (χ2n) is 3.93. The van der Waals surface area contributed by atoms with Crippen molar-refractivity contribution in [1.82, 2.24) is 4.90 Å². The number of hydrogen-bond donors (Lipinski definition) is 0. The van der Waals surface area contributed by atoms with Crippen LogP contribution < -0.4 is 0 Å². The van der Waals surface area contributed by atoms with Crippen LogP contribution in [0.3, 0.4) is 0 Å². The van der Waals surface area contributed by atoms with Gasteiger partial charge in [-0.1, -0.05) is 6.07 Å². The van der Waals surface area contributed by atoms with Crippen molar-refractivity contribution in [1.29, 1.82) is 0 Å². The SMILES string of the molecule is CN(CCCCl)C(=O)c1cccc(C(F)(F)F)c1F. The molecule has 0 aliphatic rings. The highest BCUT2D eigenvalue weighted by atomic mass is 35.5. The first-order valence-electron chi connectivity index (χ1n) is 5.46. The number of amides is 1. The number of alkyl halides is 4. The predicted molar refractivity (Wildman–Crippen MR) is 63.7 cm³/mol. The number of carbonyl (C=O) groups excluding carboxylic acids is 1. The quantitative estimate of drug-likeness (QED) is 0.615. The van der Waals surface area contributed by atoms with Crippen molar-refractivity contribution >= 4 is 17.5 Å². The Balaban J connectivity index is 3.05. The molecule has 0 N–H and O–H groups in total. The number of nitrogens with zero attached hydrogens (tertiary/aromatic N) is 1. The predicted octanol–water partition coefficient (Wildman–Crippen LogP) is 3.55. The molecule has 0 saturated carbocycles. The van der Waals surface area contributed by atoms with E-state index in [1.54, 1.807) is 0 Å². The van der Waals surface area contributed by atoms with Gasteiger partial charge in [0.25, 0.3) is 5.91 Å². The molecule has 1 aromatic rings. The molecule has 0 saturated heterocycles. The lowest BCUT2D eigenvalue weighted by Crippen LogP contribution is -2.29. The first-order chi connectivity index (χ1) is 8.79. The van der Waals surface area contributed by atoms with Crippen molar-refractivity contribution in [3.63, 3.8) is 0 Å². The second-order valence-corrected chi connectivity index (χ2v) is 4.31. The molecule has 0 atom stereocenters. The van der Waals surface area contributed by atoms with Crippen LogP contribution in [0.25, 0.3) is 0 Å². The standard InChI is InChI=1S/C12H12ClF4NO/c1-18(7-3-6-13)11(19)8-4-2-5-9(10(8)14)12(15,16)17/h2,4-5H,3,6-7H2,1H3. The van der Waals surface area contributed by atoms with E-state index in [2.05, 4.69) is 0 Å². The molecule has 1 rings (SSSR count). The van der Waals surface area contributed by atoms with E-state index in [4.69, 9.17) is 11.6 Å². The molecule has 0 aliphatic carbocycles. The molecule has 0 fully saturated rings. The van der Waals surface area contributed by atoms with Crippen molar-refractivity contribution in [2.45, 2.75) is 12.6 Å². The van der Waals surface area contributed by atoms with Crippen LogP contribution in [0.2, 0.25) is 0 Å². The van der Waals surface area contributed by atoms with Gasteiger partial charge in [-0.05, 0) is 18.6 Å². The van der Waals surface area contributed by atoms with Gasteiger partial charge in [-0.3, -0.25) is 4.79 Å². The minimum atomic E-state index is -4.82. The van der Waals surface area contributed by atoms with Crippen molar-refractivity contribution in [3.05, 3.63) is 35.1 Å². The normalized spacial score (nSPS) is 11.5. The summed E-state index contributed by atoms with van der Waals surface area (Å²) in [5, 5.41) is 0. The summed E-state index contributed by atoms with van der Waals surface area (Å²) in [7, 11) is 1.38. The monoisotopic (exact) mass is 297 g/mol. The Morgan fingerprint density at radius 3 is 2.53 bits per heavy atom. The fraction of sp³-hybridized carbons (Fsp3) is 0.417. The molecule has 0 radical (unpaired) electrons. The van der Waals surface area contributed by atoms with Crippen LogP contribution in [0, 0.1) is 5.82 Å². The van der Waals surface area contributed by atoms with Gasteiger partial charge in [0, 0.05) is 19.5 Å². The number of carbonyl (C=O) groups is 1.